The van der Waals surface area contributed by atoms with E-state index in [1.807, 2.05) is 0 Å². The van der Waals surface area contributed by atoms with Crippen molar-refractivity contribution >= 4 is 87.5 Å². The molecule has 0 saturated heterocycles. The van der Waals surface area contributed by atoms with E-state index < -0.39 is 0 Å². The quantitative estimate of drug-likeness (QED) is 0.167. The van der Waals surface area contributed by atoms with Crippen LogP contribution in [0.2, 0.25) is 0 Å². The molecule has 0 atom stereocenters. The summed E-state index contributed by atoms with van der Waals surface area (Å²) in [6.45, 7) is 0. The van der Waals surface area contributed by atoms with E-state index in [0.717, 1.165) is 77.5 Å². The molecule has 0 aliphatic carbocycles. The Hall–Kier alpha value is -9.38. The van der Waals surface area contributed by atoms with Crippen LogP contribution in [0, 0.1) is 0 Å². The summed E-state index contributed by atoms with van der Waals surface area (Å²) in [7, 11) is 0. The van der Waals surface area contributed by atoms with E-state index in [2.05, 4.69) is 252 Å². The highest BCUT2D eigenvalue weighted by Crippen LogP contribution is 2.41. The molecule has 0 spiro atoms. The molecule has 15 rings (SSSR count). The zero-order valence-electron chi connectivity index (χ0n) is 37.8. The monoisotopic (exact) mass is 892 g/mol. The SMILES string of the molecule is c1ccc(-c2ccc3c(c2)c2ccccc2n3-c2ccc3oc4ccc(-c5cccc(-c6ccc7oc8ccc(-n9c%10ccccc%10c%10cc(-c%11ccccc%11)ccc%109)cc8c7c6)c5)cc4c3c2)cc1. The molecule has 11 aromatic carbocycles. The molecule has 4 aromatic heterocycles. The first-order valence-electron chi connectivity index (χ1n) is 23.9. The van der Waals surface area contributed by atoms with Gasteiger partial charge < -0.3 is 18.0 Å². The molecule has 70 heavy (non-hydrogen) atoms. The standard InChI is InChI=1S/C66H40N2O2/c1-3-12-41(13-4-1)45-22-28-61-53(35-45)51-18-7-9-20-59(51)67(61)49-26-32-65-57(39-49)55-37-47(24-30-63(55)69-65)43-16-11-17-44(34-43)48-25-31-64-56(38-48)58-40-50(27-33-66(58)70-64)68-60-21-10-8-19-52(60)54-36-46(23-29-62(54)68)42-14-5-2-6-15-42/h1-40H. The minimum absolute atomic E-state index is 0.871. The lowest BCUT2D eigenvalue weighted by Crippen LogP contribution is -1.93. The Morgan fingerprint density at radius 1 is 0.200 bits per heavy atom. The minimum Gasteiger partial charge on any atom is -0.456 e. The van der Waals surface area contributed by atoms with Gasteiger partial charge in [-0.25, -0.2) is 0 Å². The Bertz CT molecular complexity index is 4300. The highest BCUT2D eigenvalue weighted by molar-refractivity contribution is 6.14. The number of hydrogen-bond acceptors (Lipinski definition) is 2. The Balaban J connectivity index is 0.804. The molecule has 0 radical (unpaired) electrons. The molecule has 4 nitrogen and oxygen atoms in total. The number of benzene rings is 11. The van der Waals surface area contributed by atoms with Gasteiger partial charge in [-0.3, -0.25) is 0 Å². The molecule has 4 heterocycles. The van der Waals surface area contributed by atoms with Crippen LogP contribution in [0.4, 0.5) is 0 Å². The normalized spacial score (nSPS) is 12.0. The smallest absolute Gasteiger partial charge is 0.135 e. The van der Waals surface area contributed by atoms with Crippen LogP contribution in [-0.4, -0.2) is 9.13 Å². The van der Waals surface area contributed by atoms with Gasteiger partial charge in [0.25, 0.3) is 0 Å². The molecule has 0 N–H and O–H groups in total. The number of rotatable bonds is 6. The molecule has 0 amide bonds. The van der Waals surface area contributed by atoms with E-state index in [-0.39, 0.29) is 0 Å². The highest BCUT2D eigenvalue weighted by atomic mass is 16.3. The van der Waals surface area contributed by atoms with Gasteiger partial charge in [-0.2, -0.15) is 0 Å². The second kappa shape index (κ2) is 15.1. The molecule has 0 aliphatic heterocycles. The van der Waals surface area contributed by atoms with Crippen LogP contribution in [0.15, 0.2) is 251 Å². The van der Waals surface area contributed by atoms with E-state index in [1.54, 1.807) is 0 Å². The molecule has 0 saturated carbocycles. The predicted molar refractivity (Wildman–Crippen MR) is 291 cm³/mol. The maximum absolute atomic E-state index is 6.49. The summed E-state index contributed by atoms with van der Waals surface area (Å²) in [6.07, 6.45) is 0. The van der Waals surface area contributed by atoms with E-state index in [0.29, 0.717) is 0 Å². The van der Waals surface area contributed by atoms with Crippen molar-refractivity contribution in [1.29, 1.82) is 0 Å². The average Bonchev–Trinajstić information content (AvgIpc) is 4.18. The summed E-state index contributed by atoms with van der Waals surface area (Å²) in [5, 5.41) is 9.30. The van der Waals surface area contributed by atoms with Crippen molar-refractivity contribution in [3.05, 3.63) is 243 Å². The van der Waals surface area contributed by atoms with Gasteiger partial charge >= 0.3 is 0 Å². The number of para-hydroxylation sites is 2. The Morgan fingerprint density at radius 3 is 1.00 bits per heavy atom. The largest absolute Gasteiger partial charge is 0.456 e. The topological polar surface area (TPSA) is 36.1 Å². The van der Waals surface area contributed by atoms with Crippen molar-refractivity contribution in [2.45, 2.75) is 0 Å². The molecular weight excluding hydrogens is 853 g/mol. The number of aromatic nitrogens is 2. The molecule has 326 valence electrons. The predicted octanol–water partition coefficient (Wildman–Crippen LogP) is 18.3. The molecular formula is C66H40N2O2. The fraction of sp³-hybridized carbons (Fsp3) is 0. The summed E-state index contributed by atoms with van der Waals surface area (Å²) in [6, 6.07) is 87.5. The number of hydrogen-bond donors (Lipinski definition) is 0. The molecule has 15 aromatic rings. The lowest BCUT2D eigenvalue weighted by Gasteiger charge is -2.09. The van der Waals surface area contributed by atoms with Gasteiger partial charge in [0.2, 0.25) is 0 Å². The van der Waals surface area contributed by atoms with Crippen molar-refractivity contribution in [2.24, 2.45) is 0 Å². The van der Waals surface area contributed by atoms with E-state index in [4.69, 9.17) is 8.83 Å². The average molecular weight is 893 g/mol. The molecule has 0 fully saturated rings. The molecule has 0 bridgehead atoms. The van der Waals surface area contributed by atoms with Gasteiger partial charge in [0.15, 0.2) is 0 Å². The van der Waals surface area contributed by atoms with Crippen molar-refractivity contribution in [3.8, 4) is 55.9 Å². The van der Waals surface area contributed by atoms with Crippen LogP contribution in [0.1, 0.15) is 0 Å². The van der Waals surface area contributed by atoms with Gasteiger partial charge in [0.1, 0.15) is 22.3 Å². The molecule has 0 aliphatic rings. The maximum Gasteiger partial charge on any atom is 0.135 e. The maximum atomic E-state index is 6.49. The van der Waals surface area contributed by atoms with Gasteiger partial charge in [-0.1, -0.05) is 140 Å². The van der Waals surface area contributed by atoms with E-state index >= 15 is 0 Å². The van der Waals surface area contributed by atoms with Crippen molar-refractivity contribution in [2.75, 3.05) is 0 Å². The fourth-order valence-electron chi connectivity index (χ4n) is 11.2. The summed E-state index contributed by atoms with van der Waals surface area (Å²) in [5.41, 5.74) is 19.8. The zero-order chi connectivity index (χ0) is 45.9. The minimum atomic E-state index is 0.871. The van der Waals surface area contributed by atoms with Crippen LogP contribution in [0.5, 0.6) is 0 Å². The lowest BCUT2D eigenvalue weighted by molar-refractivity contribution is 0.668. The lowest BCUT2D eigenvalue weighted by atomic mass is 9.97. The van der Waals surface area contributed by atoms with Crippen LogP contribution < -0.4 is 0 Å². The second-order valence-electron chi connectivity index (χ2n) is 18.5. The summed E-state index contributed by atoms with van der Waals surface area (Å²) in [4.78, 5) is 0. The summed E-state index contributed by atoms with van der Waals surface area (Å²) < 4.78 is 17.8. The Morgan fingerprint density at radius 2 is 0.529 bits per heavy atom. The first-order valence-corrected chi connectivity index (χ1v) is 23.9. The first-order chi connectivity index (χ1) is 34.7. The highest BCUT2D eigenvalue weighted by Gasteiger charge is 2.19. The number of furan rings is 2. The molecule has 4 heteroatoms. The van der Waals surface area contributed by atoms with Gasteiger partial charge in [-0.15, -0.1) is 0 Å². The zero-order valence-corrected chi connectivity index (χ0v) is 37.8. The molecule has 0 unspecified atom stereocenters. The third-order valence-electron chi connectivity index (χ3n) is 14.5. The van der Waals surface area contributed by atoms with Gasteiger partial charge in [-0.05, 0) is 148 Å². The van der Waals surface area contributed by atoms with Crippen LogP contribution in [-0.2, 0) is 0 Å². The van der Waals surface area contributed by atoms with Gasteiger partial charge in [0.05, 0.1) is 22.1 Å². The van der Waals surface area contributed by atoms with E-state index in [1.165, 1.54) is 65.9 Å². The summed E-state index contributed by atoms with van der Waals surface area (Å²) >= 11 is 0. The Kier molecular flexibility index (Phi) is 8.33. The van der Waals surface area contributed by atoms with Crippen molar-refractivity contribution in [3.63, 3.8) is 0 Å². The van der Waals surface area contributed by atoms with E-state index in [9.17, 15) is 0 Å². The van der Waals surface area contributed by atoms with Crippen molar-refractivity contribution in [1.82, 2.24) is 9.13 Å². The number of nitrogens with zero attached hydrogens (tertiary/aromatic N) is 2. The van der Waals surface area contributed by atoms with Crippen molar-refractivity contribution < 1.29 is 8.83 Å². The number of fused-ring (bicyclic) bond motifs is 12. The first kappa shape index (κ1) is 38.7. The Labute approximate surface area is 402 Å². The third-order valence-corrected chi connectivity index (χ3v) is 14.5. The second-order valence-corrected chi connectivity index (χ2v) is 18.5. The van der Waals surface area contributed by atoms with Crippen LogP contribution >= 0.6 is 0 Å². The van der Waals surface area contributed by atoms with Crippen LogP contribution in [0.25, 0.3) is 143 Å². The summed E-state index contributed by atoms with van der Waals surface area (Å²) in [5.74, 6) is 0. The third kappa shape index (κ3) is 5.97. The van der Waals surface area contributed by atoms with Gasteiger partial charge in [0, 0.05) is 54.5 Å². The van der Waals surface area contributed by atoms with Crippen LogP contribution in [0.3, 0.4) is 0 Å². The fourth-order valence-corrected chi connectivity index (χ4v) is 11.2.